The summed E-state index contributed by atoms with van der Waals surface area (Å²) in [5.41, 5.74) is 6.74. The SMILES string of the molecule is COC(C[NH])C(C)=O. The van der Waals surface area contributed by atoms with Crippen LogP contribution in [0.2, 0.25) is 0 Å². The van der Waals surface area contributed by atoms with Gasteiger partial charge in [-0.05, 0) is 6.92 Å². The Morgan fingerprint density at radius 2 is 2.38 bits per heavy atom. The van der Waals surface area contributed by atoms with Crippen molar-refractivity contribution < 1.29 is 9.53 Å². The molecule has 0 rings (SSSR count). The van der Waals surface area contributed by atoms with Crippen molar-refractivity contribution in [3.05, 3.63) is 0 Å². The van der Waals surface area contributed by atoms with E-state index in [1.165, 1.54) is 14.0 Å². The van der Waals surface area contributed by atoms with Crippen LogP contribution >= 0.6 is 0 Å². The van der Waals surface area contributed by atoms with Gasteiger partial charge in [-0.3, -0.25) is 10.5 Å². The Morgan fingerprint density at radius 3 is 2.38 bits per heavy atom. The van der Waals surface area contributed by atoms with Crippen LogP contribution < -0.4 is 5.73 Å². The van der Waals surface area contributed by atoms with Crippen LogP contribution in [0.1, 0.15) is 6.92 Å². The van der Waals surface area contributed by atoms with E-state index >= 15 is 0 Å². The number of carbonyl (C=O) groups excluding carboxylic acids is 1. The highest BCUT2D eigenvalue weighted by atomic mass is 16.5. The van der Waals surface area contributed by atoms with E-state index in [1.807, 2.05) is 0 Å². The summed E-state index contributed by atoms with van der Waals surface area (Å²) in [5, 5.41) is 0. The van der Waals surface area contributed by atoms with E-state index in [4.69, 9.17) is 5.73 Å². The monoisotopic (exact) mass is 116 g/mol. The van der Waals surface area contributed by atoms with Gasteiger partial charge in [-0.15, -0.1) is 0 Å². The van der Waals surface area contributed by atoms with Crippen LogP contribution in [0.5, 0.6) is 0 Å². The normalized spacial score (nSPS) is 13.4. The molecule has 1 unspecified atom stereocenters. The third-order valence-corrected chi connectivity index (χ3v) is 0.923. The molecular formula is C5H10NO2. The second kappa shape index (κ2) is 3.57. The van der Waals surface area contributed by atoms with Crippen molar-refractivity contribution in [2.75, 3.05) is 13.7 Å². The fourth-order valence-corrected chi connectivity index (χ4v) is 0.393. The van der Waals surface area contributed by atoms with E-state index < -0.39 is 6.10 Å². The van der Waals surface area contributed by atoms with Crippen LogP contribution in [-0.4, -0.2) is 25.5 Å². The summed E-state index contributed by atoms with van der Waals surface area (Å²) < 4.78 is 4.62. The van der Waals surface area contributed by atoms with Gasteiger partial charge in [-0.1, -0.05) is 0 Å². The second-order valence-electron chi connectivity index (χ2n) is 1.54. The van der Waals surface area contributed by atoms with E-state index in [-0.39, 0.29) is 12.3 Å². The molecule has 1 radical (unpaired) electrons. The smallest absolute Gasteiger partial charge is 0.159 e. The number of rotatable bonds is 3. The molecule has 0 bridgehead atoms. The lowest BCUT2D eigenvalue weighted by atomic mass is 10.2. The Labute approximate surface area is 48.8 Å². The first-order valence-corrected chi connectivity index (χ1v) is 2.40. The lowest BCUT2D eigenvalue weighted by molar-refractivity contribution is -0.126. The molecule has 47 valence electrons. The number of methoxy groups -OCH3 is 1. The summed E-state index contributed by atoms with van der Waals surface area (Å²) in [5.74, 6) is -0.0810. The third kappa shape index (κ3) is 2.04. The first-order chi connectivity index (χ1) is 3.72. The maximum absolute atomic E-state index is 10.4. The van der Waals surface area contributed by atoms with E-state index in [1.54, 1.807) is 0 Å². The van der Waals surface area contributed by atoms with Crippen molar-refractivity contribution in [1.29, 1.82) is 0 Å². The number of Topliss-reactive ketones (excluding diaryl/α,β-unsaturated/α-hetero) is 1. The number of hydrogen-bond acceptors (Lipinski definition) is 2. The summed E-state index contributed by atoms with van der Waals surface area (Å²) >= 11 is 0. The molecule has 0 aliphatic carbocycles. The molecule has 0 saturated carbocycles. The van der Waals surface area contributed by atoms with Crippen molar-refractivity contribution in [2.45, 2.75) is 13.0 Å². The average molecular weight is 116 g/mol. The maximum atomic E-state index is 10.4. The standard InChI is InChI=1S/C5H10NO2/c1-4(7)5(3-6)8-2/h5-6H,3H2,1-2H3. The molecule has 0 aliphatic heterocycles. The van der Waals surface area contributed by atoms with Crippen LogP contribution in [-0.2, 0) is 9.53 Å². The highest BCUT2D eigenvalue weighted by Gasteiger charge is 2.08. The van der Waals surface area contributed by atoms with Gasteiger partial charge >= 0.3 is 0 Å². The minimum Gasteiger partial charge on any atom is -0.372 e. The Morgan fingerprint density at radius 1 is 1.88 bits per heavy atom. The third-order valence-electron chi connectivity index (χ3n) is 0.923. The number of nitrogens with one attached hydrogen (secondary N) is 1. The largest absolute Gasteiger partial charge is 0.372 e. The molecule has 0 aromatic heterocycles. The first-order valence-electron chi connectivity index (χ1n) is 2.40. The lowest BCUT2D eigenvalue weighted by Gasteiger charge is -2.05. The molecule has 0 heterocycles. The molecule has 1 atom stereocenters. The molecule has 0 amide bonds. The van der Waals surface area contributed by atoms with Gasteiger partial charge < -0.3 is 4.74 Å². The minimum absolute atomic E-state index is 0.0197. The zero-order chi connectivity index (χ0) is 6.57. The molecule has 0 aliphatic rings. The molecule has 0 saturated heterocycles. The van der Waals surface area contributed by atoms with Crippen molar-refractivity contribution in [1.82, 2.24) is 5.73 Å². The molecule has 8 heavy (non-hydrogen) atoms. The topological polar surface area (TPSA) is 50.1 Å². The minimum atomic E-state index is -0.519. The Balaban J connectivity index is 3.52. The zero-order valence-electron chi connectivity index (χ0n) is 5.10. The fourth-order valence-electron chi connectivity index (χ4n) is 0.393. The van der Waals surface area contributed by atoms with Crippen LogP contribution in [0.25, 0.3) is 0 Å². The maximum Gasteiger partial charge on any atom is 0.159 e. The second-order valence-corrected chi connectivity index (χ2v) is 1.54. The summed E-state index contributed by atoms with van der Waals surface area (Å²) in [7, 11) is 1.43. The molecule has 0 fully saturated rings. The van der Waals surface area contributed by atoms with Gasteiger partial charge in [0.05, 0.1) is 0 Å². The summed E-state index contributed by atoms with van der Waals surface area (Å²) in [6.45, 7) is 1.44. The predicted molar refractivity (Wildman–Crippen MR) is 29.4 cm³/mol. The quantitative estimate of drug-likeness (QED) is 0.516. The van der Waals surface area contributed by atoms with Crippen molar-refractivity contribution >= 4 is 5.78 Å². The van der Waals surface area contributed by atoms with Crippen molar-refractivity contribution in [3.8, 4) is 0 Å². The van der Waals surface area contributed by atoms with Gasteiger partial charge in [-0.2, -0.15) is 0 Å². The van der Waals surface area contributed by atoms with Gasteiger partial charge in [0.15, 0.2) is 5.78 Å². The summed E-state index contributed by atoms with van der Waals surface area (Å²) in [6, 6.07) is 0. The molecule has 0 aromatic carbocycles. The summed E-state index contributed by atoms with van der Waals surface area (Å²) in [4.78, 5) is 10.4. The predicted octanol–water partition coefficient (Wildman–Crippen LogP) is -0.127. The van der Waals surface area contributed by atoms with Gasteiger partial charge in [-0.25, -0.2) is 0 Å². The number of ether oxygens (including phenoxy) is 1. The highest BCUT2D eigenvalue weighted by molar-refractivity contribution is 5.80. The molecular weight excluding hydrogens is 106 g/mol. The van der Waals surface area contributed by atoms with Crippen LogP contribution in [0.15, 0.2) is 0 Å². The van der Waals surface area contributed by atoms with Crippen molar-refractivity contribution in [2.24, 2.45) is 0 Å². The van der Waals surface area contributed by atoms with Crippen LogP contribution in [0.4, 0.5) is 0 Å². The Kier molecular flexibility index (Phi) is 3.39. The van der Waals surface area contributed by atoms with Gasteiger partial charge in [0.25, 0.3) is 0 Å². The molecule has 0 aromatic rings. The van der Waals surface area contributed by atoms with Crippen molar-refractivity contribution in [3.63, 3.8) is 0 Å². The van der Waals surface area contributed by atoms with Crippen LogP contribution in [0.3, 0.4) is 0 Å². The first kappa shape index (κ1) is 7.59. The summed E-state index contributed by atoms with van der Waals surface area (Å²) in [6.07, 6.45) is -0.519. The highest BCUT2D eigenvalue weighted by Crippen LogP contribution is 1.86. The molecule has 3 nitrogen and oxygen atoms in total. The number of ketones is 1. The van der Waals surface area contributed by atoms with Gasteiger partial charge in [0, 0.05) is 13.7 Å². The average Bonchev–Trinajstić information content (AvgIpc) is 1.69. The van der Waals surface area contributed by atoms with E-state index in [0.29, 0.717) is 0 Å². The van der Waals surface area contributed by atoms with E-state index in [9.17, 15) is 4.79 Å². The molecule has 3 heteroatoms. The number of hydrogen-bond donors (Lipinski definition) is 0. The Bertz CT molecular complexity index is 78.5. The van der Waals surface area contributed by atoms with Gasteiger partial charge in [0.1, 0.15) is 6.10 Å². The number of carbonyl (C=O) groups is 1. The Hall–Kier alpha value is -0.410. The van der Waals surface area contributed by atoms with E-state index in [2.05, 4.69) is 4.74 Å². The molecule has 0 spiro atoms. The fraction of sp³-hybridized carbons (Fsp3) is 0.800. The van der Waals surface area contributed by atoms with Crippen LogP contribution in [0, 0.1) is 0 Å². The lowest BCUT2D eigenvalue weighted by Crippen LogP contribution is -2.24. The molecule has 1 N–H and O–H groups in total. The van der Waals surface area contributed by atoms with Gasteiger partial charge in [0.2, 0.25) is 0 Å². The zero-order valence-corrected chi connectivity index (χ0v) is 5.10. The van der Waals surface area contributed by atoms with E-state index in [0.717, 1.165) is 0 Å².